The third kappa shape index (κ3) is 5.74. The van der Waals surface area contributed by atoms with Crippen molar-refractivity contribution >= 4 is 34.6 Å². The number of nitrogens with zero attached hydrogens (tertiary/aromatic N) is 5. The van der Waals surface area contributed by atoms with E-state index in [0.29, 0.717) is 32.0 Å². The minimum absolute atomic E-state index is 0.00932. The van der Waals surface area contributed by atoms with Gasteiger partial charge >= 0.3 is 11.8 Å². The van der Waals surface area contributed by atoms with Crippen molar-refractivity contribution in [2.45, 2.75) is 44.2 Å². The highest BCUT2D eigenvalue weighted by Gasteiger charge is 2.33. The topological polar surface area (TPSA) is 82.9 Å². The van der Waals surface area contributed by atoms with Crippen molar-refractivity contribution in [3.05, 3.63) is 52.2 Å². The summed E-state index contributed by atoms with van der Waals surface area (Å²) in [6, 6.07) is 8.72. The van der Waals surface area contributed by atoms with Crippen LogP contribution in [0.4, 0.5) is 15.0 Å². The van der Waals surface area contributed by atoms with Crippen LogP contribution in [0.15, 0.2) is 40.0 Å². The van der Waals surface area contributed by atoms with Crippen LogP contribution in [0.1, 0.15) is 32.4 Å². The molecular formula is C31H39FN6O3S. The van der Waals surface area contributed by atoms with Gasteiger partial charge in [0.1, 0.15) is 17.2 Å². The number of halogens is 1. The van der Waals surface area contributed by atoms with Gasteiger partial charge in [-0.3, -0.25) is 9.47 Å². The van der Waals surface area contributed by atoms with E-state index >= 15 is 0 Å². The maximum Gasteiger partial charge on any atom is 0.410 e. The zero-order valence-corrected chi connectivity index (χ0v) is 25.6. The molecule has 0 spiro atoms. The molecule has 0 unspecified atom stereocenters. The predicted octanol–water partition coefficient (Wildman–Crippen LogP) is 4.12. The molecule has 0 bridgehead atoms. The second-order valence-electron chi connectivity index (χ2n) is 12.4. The van der Waals surface area contributed by atoms with E-state index in [9.17, 15) is 14.0 Å². The Morgan fingerprint density at radius 2 is 1.79 bits per heavy atom. The second kappa shape index (κ2) is 11.5. The first kappa shape index (κ1) is 28.9. The molecule has 0 aliphatic carbocycles. The van der Waals surface area contributed by atoms with Gasteiger partial charge in [0.15, 0.2) is 0 Å². The lowest BCUT2D eigenvalue weighted by Crippen LogP contribution is -2.51. The van der Waals surface area contributed by atoms with E-state index in [4.69, 9.17) is 9.72 Å². The standard InChI is InChI=1S/C31H39FN6O3S/c1-20-17-24-26-27(25(20)21-5-7-22(32)8-6-21)42-19-23(18-35-11-9-33-10-12-35)38(26)29(39)34-28(24)36-13-15-37(16-14-36)30(40)41-31(2,3)4/h5-8,17,23,33H,9-16,18-19H2,1-4H3/t23-/m0/s1. The summed E-state index contributed by atoms with van der Waals surface area (Å²) < 4.78 is 21.3. The third-order valence-electron chi connectivity index (χ3n) is 8.17. The van der Waals surface area contributed by atoms with Gasteiger partial charge < -0.3 is 19.9 Å². The Morgan fingerprint density at radius 3 is 2.45 bits per heavy atom. The molecule has 11 heteroatoms. The average molecular weight is 595 g/mol. The van der Waals surface area contributed by atoms with E-state index in [1.807, 2.05) is 37.5 Å². The minimum atomic E-state index is -0.556. The minimum Gasteiger partial charge on any atom is -0.444 e. The Balaban J connectivity index is 1.42. The lowest BCUT2D eigenvalue weighted by Gasteiger charge is -2.38. The molecular weight excluding hydrogens is 555 g/mol. The van der Waals surface area contributed by atoms with Crippen molar-refractivity contribution in [3.63, 3.8) is 0 Å². The molecule has 4 heterocycles. The fourth-order valence-electron chi connectivity index (χ4n) is 6.19. The Labute approximate surface area is 250 Å². The van der Waals surface area contributed by atoms with Crippen molar-refractivity contribution in [1.29, 1.82) is 0 Å². The number of benzene rings is 2. The molecule has 2 saturated heterocycles. The SMILES string of the molecule is Cc1cc2c(N3CCN(C(=O)OC(C)(C)C)CC3)nc(=O)n3c2c(c1-c1ccc(F)cc1)SC[C@@H]3CN1CCNCC1. The number of thioether (sulfide) groups is 1. The summed E-state index contributed by atoms with van der Waals surface area (Å²) in [5.41, 5.74) is 3.12. The Hall–Kier alpha value is -3.15. The van der Waals surface area contributed by atoms with Gasteiger partial charge in [-0.15, -0.1) is 11.8 Å². The lowest BCUT2D eigenvalue weighted by molar-refractivity contribution is 0.0240. The Kier molecular flexibility index (Phi) is 7.93. The fourth-order valence-corrected chi connectivity index (χ4v) is 7.57. The molecule has 2 fully saturated rings. The molecule has 6 rings (SSSR count). The maximum absolute atomic E-state index is 13.9. The normalized spacial score (nSPS) is 19.8. The number of nitrogens with one attached hydrogen (secondary N) is 1. The molecule has 3 aliphatic heterocycles. The maximum atomic E-state index is 13.9. The van der Waals surface area contributed by atoms with Crippen LogP contribution in [0.5, 0.6) is 0 Å². The van der Waals surface area contributed by atoms with Gasteiger partial charge in [-0.25, -0.2) is 14.0 Å². The first-order chi connectivity index (χ1) is 20.1. The number of piperazine rings is 2. The van der Waals surface area contributed by atoms with E-state index in [1.54, 1.807) is 16.7 Å². The zero-order valence-electron chi connectivity index (χ0n) is 24.8. The van der Waals surface area contributed by atoms with Crippen molar-refractivity contribution in [2.24, 2.45) is 0 Å². The summed E-state index contributed by atoms with van der Waals surface area (Å²) in [6.07, 6.45) is -0.320. The molecule has 0 radical (unpaired) electrons. The molecule has 42 heavy (non-hydrogen) atoms. The van der Waals surface area contributed by atoms with Gasteiger partial charge in [0.2, 0.25) is 0 Å². The van der Waals surface area contributed by atoms with Crippen molar-refractivity contribution < 1.29 is 13.9 Å². The molecule has 3 aliphatic rings. The van der Waals surface area contributed by atoms with Gasteiger partial charge in [0.25, 0.3) is 0 Å². The van der Waals surface area contributed by atoms with Crippen LogP contribution in [0, 0.1) is 12.7 Å². The first-order valence-electron chi connectivity index (χ1n) is 14.7. The summed E-state index contributed by atoms with van der Waals surface area (Å²) in [4.78, 5) is 38.6. The average Bonchev–Trinajstić information content (AvgIpc) is 2.96. The van der Waals surface area contributed by atoms with Gasteiger partial charge in [-0.05, 0) is 57.0 Å². The number of hydrogen-bond donors (Lipinski definition) is 1. The third-order valence-corrected chi connectivity index (χ3v) is 9.41. The Bertz CT molecular complexity index is 1540. The lowest BCUT2D eigenvalue weighted by atomic mass is 9.97. The van der Waals surface area contributed by atoms with Gasteiger partial charge in [0, 0.05) is 80.5 Å². The van der Waals surface area contributed by atoms with Crippen LogP contribution in [0.25, 0.3) is 22.0 Å². The predicted molar refractivity (Wildman–Crippen MR) is 165 cm³/mol. The summed E-state index contributed by atoms with van der Waals surface area (Å²) in [5, 5.41) is 4.35. The molecule has 224 valence electrons. The van der Waals surface area contributed by atoms with E-state index < -0.39 is 5.60 Å². The highest BCUT2D eigenvalue weighted by Crippen LogP contribution is 2.46. The number of ether oxygens (including phenoxy) is 1. The second-order valence-corrected chi connectivity index (χ2v) is 13.4. The molecule has 9 nitrogen and oxygen atoms in total. The van der Waals surface area contributed by atoms with Crippen LogP contribution in [-0.2, 0) is 4.74 Å². The summed E-state index contributed by atoms with van der Waals surface area (Å²) in [7, 11) is 0. The van der Waals surface area contributed by atoms with E-state index in [-0.39, 0.29) is 23.6 Å². The van der Waals surface area contributed by atoms with Crippen LogP contribution in [0.2, 0.25) is 0 Å². The monoisotopic (exact) mass is 594 g/mol. The van der Waals surface area contributed by atoms with E-state index in [0.717, 1.165) is 71.0 Å². The fraction of sp³-hybridized carbons (Fsp3) is 0.516. The van der Waals surface area contributed by atoms with Crippen molar-refractivity contribution in [3.8, 4) is 11.1 Å². The molecule has 1 aromatic heterocycles. The van der Waals surface area contributed by atoms with Crippen LogP contribution < -0.4 is 15.9 Å². The number of anilines is 1. The number of hydrogen-bond acceptors (Lipinski definition) is 8. The first-order valence-corrected chi connectivity index (χ1v) is 15.7. The van der Waals surface area contributed by atoms with Crippen molar-refractivity contribution in [1.82, 2.24) is 24.7 Å². The molecule has 1 atom stereocenters. The number of amides is 1. The van der Waals surface area contributed by atoms with Gasteiger partial charge in [-0.1, -0.05) is 12.1 Å². The Morgan fingerprint density at radius 1 is 1.10 bits per heavy atom. The van der Waals surface area contributed by atoms with Crippen LogP contribution in [0.3, 0.4) is 0 Å². The molecule has 1 N–H and O–H groups in total. The summed E-state index contributed by atoms with van der Waals surface area (Å²) >= 11 is 1.78. The number of aryl methyl sites for hydroxylation is 1. The molecule has 2 aromatic carbocycles. The highest BCUT2D eigenvalue weighted by molar-refractivity contribution is 7.99. The number of rotatable bonds is 4. The van der Waals surface area contributed by atoms with Crippen LogP contribution >= 0.6 is 11.8 Å². The van der Waals surface area contributed by atoms with Crippen molar-refractivity contribution in [2.75, 3.05) is 69.6 Å². The number of carbonyl (C=O) groups is 1. The largest absolute Gasteiger partial charge is 0.444 e. The molecule has 1 amide bonds. The summed E-state index contributed by atoms with van der Waals surface area (Å²) in [5.74, 6) is 1.15. The van der Waals surface area contributed by atoms with E-state index in [1.165, 1.54) is 12.1 Å². The zero-order chi connectivity index (χ0) is 29.6. The number of aromatic nitrogens is 2. The highest BCUT2D eigenvalue weighted by atomic mass is 32.2. The quantitative estimate of drug-likeness (QED) is 0.483. The molecule has 0 saturated carbocycles. The van der Waals surface area contributed by atoms with Gasteiger partial charge in [0.05, 0.1) is 11.6 Å². The van der Waals surface area contributed by atoms with Crippen LogP contribution in [-0.4, -0.2) is 95.7 Å². The smallest absolute Gasteiger partial charge is 0.410 e. The summed E-state index contributed by atoms with van der Waals surface area (Å²) in [6.45, 7) is 14.3. The number of carbonyl (C=O) groups excluding carboxylic acids is 1. The molecule has 3 aromatic rings. The van der Waals surface area contributed by atoms with Gasteiger partial charge in [-0.2, -0.15) is 4.98 Å². The van der Waals surface area contributed by atoms with E-state index in [2.05, 4.69) is 28.1 Å².